The highest BCUT2D eigenvalue weighted by Gasteiger charge is 2.15. The summed E-state index contributed by atoms with van der Waals surface area (Å²) in [4.78, 5) is 13.2. The lowest BCUT2D eigenvalue weighted by atomic mass is 10.1. The Morgan fingerprint density at radius 3 is 2.22 bits per heavy atom. The monoisotopic (exact) mass is 423 g/mol. The van der Waals surface area contributed by atoms with Crippen LogP contribution < -0.4 is 9.47 Å². The number of ether oxygens (including phenoxy) is 2. The molecular formula is C25H21N5O2. The second-order valence-corrected chi connectivity index (χ2v) is 7.27. The van der Waals surface area contributed by atoms with Crippen LogP contribution in [0.3, 0.4) is 0 Å². The molecule has 0 radical (unpaired) electrons. The predicted molar refractivity (Wildman–Crippen MR) is 123 cm³/mol. The first-order chi connectivity index (χ1) is 15.7. The number of imidazole rings is 1. The Kier molecular flexibility index (Phi) is 4.99. The lowest BCUT2D eigenvalue weighted by Crippen LogP contribution is -1.98. The highest BCUT2D eigenvalue weighted by Crippen LogP contribution is 2.32. The van der Waals surface area contributed by atoms with Gasteiger partial charge >= 0.3 is 0 Å². The Morgan fingerprint density at radius 1 is 0.750 bits per heavy atom. The van der Waals surface area contributed by atoms with Crippen LogP contribution in [-0.4, -0.2) is 38.8 Å². The van der Waals surface area contributed by atoms with E-state index in [0.717, 1.165) is 45.1 Å². The topological polar surface area (TPSA) is 74.4 Å². The molecule has 0 spiro atoms. The second-order valence-electron chi connectivity index (χ2n) is 7.27. The largest absolute Gasteiger partial charge is 0.493 e. The second kappa shape index (κ2) is 8.11. The van der Waals surface area contributed by atoms with E-state index in [9.17, 15) is 0 Å². The van der Waals surface area contributed by atoms with E-state index in [1.54, 1.807) is 32.8 Å². The number of aromatic nitrogens is 5. The number of nitrogens with zero attached hydrogens (tertiary/aromatic N) is 5. The zero-order chi connectivity index (χ0) is 22.1. The summed E-state index contributed by atoms with van der Waals surface area (Å²) in [6.07, 6.45) is 5.12. The molecule has 2 aromatic carbocycles. The highest BCUT2D eigenvalue weighted by atomic mass is 16.5. The van der Waals surface area contributed by atoms with E-state index in [2.05, 4.69) is 22.1 Å². The van der Waals surface area contributed by atoms with Crippen LogP contribution in [0.4, 0.5) is 0 Å². The maximum atomic E-state index is 5.45. The number of rotatable bonds is 5. The smallest absolute Gasteiger partial charge is 0.161 e. The van der Waals surface area contributed by atoms with Crippen LogP contribution in [0.1, 0.15) is 5.69 Å². The number of benzene rings is 2. The Hall–Kier alpha value is -4.26. The summed E-state index contributed by atoms with van der Waals surface area (Å²) in [5.74, 6) is 1.34. The maximum Gasteiger partial charge on any atom is 0.161 e. The summed E-state index contributed by atoms with van der Waals surface area (Å²) >= 11 is 0. The molecule has 3 heterocycles. The molecule has 0 aliphatic rings. The molecule has 3 aromatic heterocycles. The molecule has 0 fully saturated rings. The van der Waals surface area contributed by atoms with Crippen molar-refractivity contribution < 1.29 is 9.47 Å². The van der Waals surface area contributed by atoms with Gasteiger partial charge in [-0.3, -0.25) is 9.97 Å². The minimum atomic E-state index is 0.661. The molecule has 32 heavy (non-hydrogen) atoms. The number of methoxy groups -OCH3 is 2. The van der Waals surface area contributed by atoms with E-state index in [0.29, 0.717) is 11.5 Å². The molecular weight excluding hydrogens is 402 g/mol. The zero-order valence-corrected chi connectivity index (χ0v) is 18.0. The summed E-state index contributed by atoms with van der Waals surface area (Å²) in [7, 11) is 3.25. The molecule has 0 unspecified atom stereocenters. The van der Waals surface area contributed by atoms with E-state index in [-0.39, 0.29) is 0 Å². The van der Waals surface area contributed by atoms with Gasteiger partial charge in [0, 0.05) is 29.1 Å². The van der Waals surface area contributed by atoms with Gasteiger partial charge in [0.25, 0.3) is 0 Å². The van der Waals surface area contributed by atoms with Crippen LogP contribution >= 0.6 is 0 Å². The van der Waals surface area contributed by atoms with Gasteiger partial charge in [-0.25, -0.2) is 9.50 Å². The lowest BCUT2D eigenvalue weighted by Gasteiger charge is -2.10. The highest BCUT2D eigenvalue weighted by molar-refractivity contribution is 5.71. The molecule has 0 saturated heterocycles. The van der Waals surface area contributed by atoms with Crippen molar-refractivity contribution in [1.82, 2.24) is 24.6 Å². The molecule has 0 aliphatic carbocycles. The molecule has 7 nitrogen and oxygen atoms in total. The normalized spacial score (nSPS) is 11.0. The third-order valence-corrected chi connectivity index (χ3v) is 5.35. The SMILES string of the molecule is COc1ccc(-c2ccc3nc(C)c(-c4ccc(-c5cnccn5)cc4)n3n2)cc1OC. The van der Waals surface area contributed by atoms with Gasteiger partial charge in [0.2, 0.25) is 0 Å². The standard InChI is InChI=1S/C25H21N5O2/c1-16-25(18-6-4-17(5-7-18)21-15-26-12-13-27-21)30-24(28-16)11-9-20(29-30)19-8-10-22(31-2)23(14-19)32-3/h4-15H,1-3H3. The average molecular weight is 423 g/mol. The molecule has 7 heteroatoms. The van der Waals surface area contributed by atoms with Crippen molar-refractivity contribution in [2.45, 2.75) is 6.92 Å². The van der Waals surface area contributed by atoms with Crippen molar-refractivity contribution in [2.75, 3.05) is 14.2 Å². The van der Waals surface area contributed by atoms with Gasteiger partial charge in [-0.15, -0.1) is 0 Å². The number of hydrogen-bond acceptors (Lipinski definition) is 6. The lowest BCUT2D eigenvalue weighted by molar-refractivity contribution is 0.355. The summed E-state index contributed by atoms with van der Waals surface area (Å²) < 4.78 is 12.7. The first-order valence-corrected chi connectivity index (χ1v) is 10.1. The first kappa shape index (κ1) is 19.7. The van der Waals surface area contributed by atoms with E-state index in [1.807, 2.05) is 53.9 Å². The fourth-order valence-corrected chi connectivity index (χ4v) is 3.77. The van der Waals surface area contributed by atoms with E-state index in [1.165, 1.54) is 0 Å². The van der Waals surface area contributed by atoms with Crippen molar-refractivity contribution in [2.24, 2.45) is 0 Å². The minimum Gasteiger partial charge on any atom is -0.493 e. The molecule has 0 atom stereocenters. The van der Waals surface area contributed by atoms with Crippen LogP contribution in [0.2, 0.25) is 0 Å². The third kappa shape index (κ3) is 3.43. The molecule has 5 aromatic rings. The van der Waals surface area contributed by atoms with Crippen molar-refractivity contribution in [3.05, 3.63) is 78.9 Å². The van der Waals surface area contributed by atoms with Crippen LogP contribution in [0.5, 0.6) is 11.5 Å². The maximum absolute atomic E-state index is 5.45. The third-order valence-electron chi connectivity index (χ3n) is 5.35. The molecule has 0 amide bonds. The van der Waals surface area contributed by atoms with Gasteiger partial charge in [0.05, 0.1) is 43.2 Å². The molecule has 0 aliphatic heterocycles. The summed E-state index contributed by atoms with van der Waals surface area (Å²) in [5, 5.41) is 4.89. The Balaban J connectivity index is 1.58. The fourth-order valence-electron chi connectivity index (χ4n) is 3.77. The van der Waals surface area contributed by atoms with Crippen molar-refractivity contribution in [3.63, 3.8) is 0 Å². The Labute approximate surface area is 185 Å². The van der Waals surface area contributed by atoms with Crippen LogP contribution in [-0.2, 0) is 0 Å². The first-order valence-electron chi connectivity index (χ1n) is 10.1. The molecule has 0 saturated carbocycles. The van der Waals surface area contributed by atoms with Crippen molar-refractivity contribution in [3.8, 4) is 45.3 Å². The average Bonchev–Trinajstić information content (AvgIpc) is 3.19. The Bertz CT molecular complexity index is 1400. The number of hydrogen-bond donors (Lipinski definition) is 0. The van der Waals surface area contributed by atoms with E-state index >= 15 is 0 Å². The van der Waals surface area contributed by atoms with Crippen LogP contribution in [0.15, 0.2) is 73.2 Å². The summed E-state index contributed by atoms with van der Waals surface area (Å²) in [5.41, 5.74) is 7.27. The van der Waals surface area contributed by atoms with E-state index in [4.69, 9.17) is 19.6 Å². The number of aryl methyl sites for hydroxylation is 1. The van der Waals surface area contributed by atoms with Crippen molar-refractivity contribution in [1.29, 1.82) is 0 Å². The molecule has 0 bridgehead atoms. The van der Waals surface area contributed by atoms with Gasteiger partial charge in [-0.1, -0.05) is 24.3 Å². The van der Waals surface area contributed by atoms with Crippen LogP contribution in [0, 0.1) is 6.92 Å². The van der Waals surface area contributed by atoms with E-state index < -0.39 is 0 Å². The van der Waals surface area contributed by atoms with Gasteiger partial charge in [-0.2, -0.15) is 5.10 Å². The fraction of sp³-hybridized carbons (Fsp3) is 0.120. The minimum absolute atomic E-state index is 0.661. The predicted octanol–water partition coefficient (Wildman–Crippen LogP) is 4.85. The quantitative estimate of drug-likeness (QED) is 0.402. The Morgan fingerprint density at radius 2 is 1.50 bits per heavy atom. The van der Waals surface area contributed by atoms with Gasteiger partial charge < -0.3 is 9.47 Å². The molecule has 5 rings (SSSR count). The molecule has 0 N–H and O–H groups in total. The van der Waals surface area contributed by atoms with Gasteiger partial charge in [0.1, 0.15) is 0 Å². The van der Waals surface area contributed by atoms with Gasteiger partial charge in [-0.05, 0) is 37.3 Å². The summed E-state index contributed by atoms with van der Waals surface area (Å²) in [6, 6.07) is 17.9. The summed E-state index contributed by atoms with van der Waals surface area (Å²) in [6.45, 7) is 2.00. The van der Waals surface area contributed by atoms with Crippen LogP contribution in [0.25, 0.3) is 39.4 Å². The number of fused-ring (bicyclic) bond motifs is 1. The molecule has 158 valence electrons. The van der Waals surface area contributed by atoms with Crippen molar-refractivity contribution >= 4 is 5.65 Å². The van der Waals surface area contributed by atoms with Gasteiger partial charge in [0.15, 0.2) is 17.1 Å². The zero-order valence-electron chi connectivity index (χ0n) is 18.0.